The molecule has 2 aliphatic rings. The Bertz CT molecular complexity index is 962. The topological polar surface area (TPSA) is 119 Å². The van der Waals surface area contributed by atoms with Gasteiger partial charge in [-0.25, -0.2) is 0 Å². The van der Waals surface area contributed by atoms with E-state index in [1.165, 1.54) is 5.57 Å². The summed E-state index contributed by atoms with van der Waals surface area (Å²) in [5.41, 5.74) is 2.75. The number of aldehydes is 1. The van der Waals surface area contributed by atoms with E-state index in [0.29, 0.717) is 57.1 Å². The van der Waals surface area contributed by atoms with Gasteiger partial charge in [-0.3, -0.25) is 4.79 Å². The summed E-state index contributed by atoms with van der Waals surface area (Å²) in [6.07, 6.45) is 13.7. The maximum atomic E-state index is 12.3. The highest BCUT2D eigenvalue weighted by atomic mass is 16.6. The molecule has 1 spiro atoms. The number of carbonyl (C=O) groups is 1. The Kier molecular flexibility index (Phi) is 14.2. The van der Waals surface area contributed by atoms with Crippen LogP contribution in [-0.2, 0) is 9.53 Å². The molecular formula is C33H53NO6. The Labute approximate surface area is 241 Å². The van der Waals surface area contributed by atoms with Gasteiger partial charge in [-0.15, -0.1) is 0 Å². The van der Waals surface area contributed by atoms with Crippen LogP contribution in [0.2, 0.25) is 0 Å². The van der Waals surface area contributed by atoms with E-state index < -0.39 is 23.9 Å². The summed E-state index contributed by atoms with van der Waals surface area (Å²) in [4.78, 5) is 11.9. The van der Waals surface area contributed by atoms with Crippen molar-refractivity contribution in [2.75, 3.05) is 33.6 Å². The highest BCUT2D eigenvalue weighted by Gasteiger charge is 2.65. The molecule has 0 saturated heterocycles. The molecule has 0 amide bonds. The minimum Gasteiger partial charge on any atom is -0.396 e. The zero-order chi connectivity index (χ0) is 29.8. The maximum absolute atomic E-state index is 12.3. The molecule has 7 heteroatoms. The van der Waals surface area contributed by atoms with Crippen LogP contribution in [0.15, 0.2) is 58.7 Å². The lowest BCUT2D eigenvalue weighted by atomic mass is 9.51. The number of hydrogen-bond acceptors (Lipinski definition) is 7. The van der Waals surface area contributed by atoms with Gasteiger partial charge in [0.25, 0.3) is 0 Å². The summed E-state index contributed by atoms with van der Waals surface area (Å²) < 4.78 is 5.42. The van der Waals surface area contributed by atoms with Crippen LogP contribution < -0.4 is 5.32 Å². The molecule has 5 N–H and O–H groups in total. The molecule has 2 fully saturated rings. The molecule has 0 aliphatic heterocycles. The minimum atomic E-state index is -1.14. The lowest BCUT2D eigenvalue weighted by Gasteiger charge is -2.57. The molecule has 5 unspecified atom stereocenters. The normalized spacial score (nSPS) is 30.2. The van der Waals surface area contributed by atoms with E-state index in [2.05, 4.69) is 31.8 Å². The van der Waals surface area contributed by atoms with Gasteiger partial charge in [0, 0.05) is 17.9 Å². The SMILES string of the molecule is C=C(C=CC=C(COCO)C1CCC2(C(CCCO)C(=C(C)C=O)CCC2(O)CCNC)C1O)CCC=C(C)C. The van der Waals surface area contributed by atoms with Gasteiger partial charge in [0.05, 0.1) is 18.3 Å². The van der Waals surface area contributed by atoms with Gasteiger partial charge in [-0.2, -0.15) is 0 Å². The number of hydrogen-bond donors (Lipinski definition) is 5. The second-order valence-corrected chi connectivity index (χ2v) is 11.8. The molecule has 0 radical (unpaired) electrons. The van der Waals surface area contributed by atoms with Crippen LogP contribution in [0, 0.1) is 17.3 Å². The first-order valence-corrected chi connectivity index (χ1v) is 14.8. The van der Waals surface area contributed by atoms with Gasteiger partial charge in [0.2, 0.25) is 0 Å². The van der Waals surface area contributed by atoms with Gasteiger partial charge in [0.15, 0.2) is 0 Å². The molecule has 40 heavy (non-hydrogen) atoms. The second-order valence-electron chi connectivity index (χ2n) is 11.8. The highest BCUT2D eigenvalue weighted by Crippen LogP contribution is 2.63. The maximum Gasteiger partial charge on any atom is 0.145 e. The van der Waals surface area contributed by atoms with Crippen LogP contribution in [0.5, 0.6) is 0 Å². The van der Waals surface area contributed by atoms with E-state index in [1.807, 2.05) is 32.2 Å². The van der Waals surface area contributed by atoms with Crippen LogP contribution in [-0.4, -0.2) is 72.0 Å². The number of allylic oxidation sites excluding steroid dienone is 8. The summed E-state index contributed by atoms with van der Waals surface area (Å²) >= 11 is 0. The number of aliphatic hydroxyl groups is 4. The molecule has 0 aromatic rings. The van der Waals surface area contributed by atoms with E-state index in [0.717, 1.165) is 35.8 Å². The Hall–Kier alpha value is -1.87. The van der Waals surface area contributed by atoms with E-state index in [9.17, 15) is 25.2 Å². The molecule has 0 aromatic heterocycles. The first-order valence-electron chi connectivity index (χ1n) is 14.8. The number of ether oxygens (including phenoxy) is 1. The van der Waals surface area contributed by atoms with E-state index in [1.54, 1.807) is 0 Å². The molecule has 2 saturated carbocycles. The van der Waals surface area contributed by atoms with Crippen LogP contribution in [0.3, 0.4) is 0 Å². The van der Waals surface area contributed by atoms with Gasteiger partial charge in [0.1, 0.15) is 13.1 Å². The van der Waals surface area contributed by atoms with Crippen molar-refractivity contribution in [3.05, 3.63) is 58.7 Å². The van der Waals surface area contributed by atoms with E-state index in [4.69, 9.17) is 4.74 Å². The number of nitrogens with one attached hydrogen (secondary N) is 1. The molecule has 0 bridgehead atoms. The zero-order valence-corrected chi connectivity index (χ0v) is 25.1. The molecule has 0 heterocycles. The lowest BCUT2D eigenvalue weighted by molar-refractivity contribution is -0.180. The fourth-order valence-electron chi connectivity index (χ4n) is 7.06. The lowest BCUT2D eigenvalue weighted by Crippen LogP contribution is -2.61. The van der Waals surface area contributed by atoms with Crippen molar-refractivity contribution in [2.24, 2.45) is 17.3 Å². The van der Waals surface area contributed by atoms with Crippen molar-refractivity contribution in [2.45, 2.75) is 90.3 Å². The third-order valence-corrected chi connectivity index (χ3v) is 9.11. The molecule has 226 valence electrons. The van der Waals surface area contributed by atoms with Crippen LogP contribution >= 0.6 is 0 Å². The van der Waals surface area contributed by atoms with Gasteiger partial charge < -0.3 is 30.5 Å². The number of rotatable bonds is 16. The van der Waals surface area contributed by atoms with Crippen molar-refractivity contribution in [3.8, 4) is 0 Å². The smallest absolute Gasteiger partial charge is 0.145 e. The first-order chi connectivity index (χ1) is 19.1. The average molecular weight is 560 g/mol. The van der Waals surface area contributed by atoms with Crippen LogP contribution in [0.25, 0.3) is 0 Å². The predicted molar refractivity (Wildman–Crippen MR) is 161 cm³/mol. The van der Waals surface area contributed by atoms with Gasteiger partial charge >= 0.3 is 0 Å². The van der Waals surface area contributed by atoms with Crippen LogP contribution in [0.1, 0.15) is 78.6 Å². The third kappa shape index (κ3) is 8.11. The Balaban J connectivity index is 2.51. The van der Waals surface area contributed by atoms with Gasteiger partial charge in [-0.05, 0) is 109 Å². The molecule has 7 nitrogen and oxygen atoms in total. The summed E-state index contributed by atoms with van der Waals surface area (Å²) in [5, 5.41) is 46.8. The summed E-state index contributed by atoms with van der Waals surface area (Å²) in [5.74, 6) is -0.519. The summed E-state index contributed by atoms with van der Waals surface area (Å²) in [6, 6.07) is 0. The van der Waals surface area contributed by atoms with Crippen molar-refractivity contribution >= 4 is 6.29 Å². The minimum absolute atomic E-state index is 0.00621. The van der Waals surface area contributed by atoms with Crippen molar-refractivity contribution in [3.63, 3.8) is 0 Å². The third-order valence-electron chi connectivity index (χ3n) is 9.11. The van der Waals surface area contributed by atoms with Crippen molar-refractivity contribution in [1.29, 1.82) is 0 Å². The molecule has 5 atom stereocenters. The van der Waals surface area contributed by atoms with Crippen LogP contribution in [0.4, 0.5) is 0 Å². The fraction of sp³-hybridized carbons (Fsp3) is 0.667. The van der Waals surface area contributed by atoms with Crippen molar-refractivity contribution < 1.29 is 30.0 Å². The number of carbonyl (C=O) groups excluding carboxylic acids is 1. The Morgan fingerprint density at radius 2 is 1.98 bits per heavy atom. The average Bonchev–Trinajstić information content (AvgIpc) is 3.27. The predicted octanol–water partition coefficient (Wildman–Crippen LogP) is 4.53. The first kappa shape index (κ1) is 34.3. The summed E-state index contributed by atoms with van der Waals surface area (Å²) in [7, 11) is 1.85. The van der Waals surface area contributed by atoms with E-state index in [-0.39, 0.29) is 25.0 Å². The summed E-state index contributed by atoms with van der Waals surface area (Å²) in [6.45, 7) is 10.5. The molecule has 2 rings (SSSR count). The van der Waals surface area contributed by atoms with Gasteiger partial charge in [-0.1, -0.05) is 47.6 Å². The second kappa shape index (κ2) is 16.5. The zero-order valence-electron chi connectivity index (χ0n) is 25.1. The Morgan fingerprint density at radius 1 is 1.23 bits per heavy atom. The monoisotopic (exact) mass is 559 g/mol. The highest BCUT2D eigenvalue weighted by molar-refractivity contribution is 5.74. The molecular weight excluding hydrogens is 506 g/mol. The molecule has 0 aromatic carbocycles. The quantitative estimate of drug-likeness (QED) is 0.0620. The van der Waals surface area contributed by atoms with E-state index >= 15 is 0 Å². The Morgan fingerprint density at radius 3 is 2.60 bits per heavy atom. The standard InChI is InChI=1S/C33H53NO6/c1-24(2)9-6-10-25(3)11-7-12-27(22-40-23-37)29-15-17-33(31(29)38)30(13-8-20-35)28(26(4)21-36)14-16-32(33,39)18-19-34-5/h7,9,11-12,21,29-31,34-35,37-39H,3,6,8,10,13-20,22-23H2,1-2,4-5H3. The van der Waals surface area contributed by atoms with Crippen molar-refractivity contribution in [1.82, 2.24) is 5.32 Å². The largest absolute Gasteiger partial charge is 0.396 e. The number of aliphatic hydroxyl groups excluding tert-OH is 3. The fourth-order valence-corrected chi connectivity index (χ4v) is 7.06. The molecule has 2 aliphatic carbocycles.